The van der Waals surface area contributed by atoms with Gasteiger partial charge in [0, 0.05) is 6.42 Å². The highest BCUT2D eigenvalue weighted by Gasteiger charge is 1.96. The molecule has 0 saturated heterocycles. The molecule has 0 saturated carbocycles. The van der Waals surface area contributed by atoms with Crippen LogP contribution in [0.15, 0.2) is 36.4 Å². The summed E-state index contributed by atoms with van der Waals surface area (Å²) in [5.41, 5.74) is 1.14. The fourth-order valence-corrected chi connectivity index (χ4v) is 1.14. The molecular formula is C13H14O. The molecule has 0 aliphatic rings. The van der Waals surface area contributed by atoms with Crippen LogP contribution in [0.3, 0.4) is 0 Å². The van der Waals surface area contributed by atoms with Gasteiger partial charge in [-0.2, -0.15) is 0 Å². The van der Waals surface area contributed by atoms with Gasteiger partial charge in [0.2, 0.25) is 0 Å². The number of aliphatic hydroxyl groups excluding tert-OH is 1. The molecule has 0 aliphatic carbocycles. The Labute approximate surface area is 85.1 Å². The van der Waals surface area contributed by atoms with Crippen molar-refractivity contribution >= 4 is 6.08 Å². The van der Waals surface area contributed by atoms with Gasteiger partial charge in [-0.05, 0) is 12.0 Å². The molecule has 0 fully saturated rings. The summed E-state index contributed by atoms with van der Waals surface area (Å²) in [4.78, 5) is 0. The first-order chi connectivity index (χ1) is 6.83. The number of aliphatic hydroxyl groups is 1. The molecule has 1 N–H and O–H groups in total. The van der Waals surface area contributed by atoms with E-state index in [9.17, 15) is 5.11 Å². The quantitative estimate of drug-likeness (QED) is 0.716. The zero-order valence-electron chi connectivity index (χ0n) is 8.06. The minimum absolute atomic E-state index is 0.416. The maximum atomic E-state index is 9.33. The van der Waals surface area contributed by atoms with Gasteiger partial charge >= 0.3 is 0 Å². The number of hydrogen-bond donors (Lipinski definition) is 1. The highest BCUT2D eigenvalue weighted by molar-refractivity contribution is 5.48. The lowest BCUT2D eigenvalue weighted by Crippen LogP contribution is -2.02. The molecule has 0 aromatic heterocycles. The molecule has 0 bridgehead atoms. The molecule has 1 unspecified atom stereocenters. The van der Waals surface area contributed by atoms with Crippen molar-refractivity contribution in [2.75, 3.05) is 0 Å². The maximum absolute atomic E-state index is 9.33. The SMILES string of the molecule is C#CCC(O)C/C=C/c1ccccc1. The van der Waals surface area contributed by atoms with Crippen LogP contribution < -0.4 is 0 Å². The Balaban J connectivity index is 2.39. The summed E-state index contributed by atoms with van der Waals surface area (Å²) in [6.07, 6.45) is 9.62. The molecule has 1 heteroatoms. The number of terminal acetylenes is 1. The Hall–Kier alpha value is -1.52. The minimum atomic E-state index is -0.417. The van der Waals surface area contributed by atoms with Crippen molar-refractivity contribution in [1.82, 2.24) is 0 Å². The van der Waals surface area contributed by atoms with Crippen molar-refractivity contribution in [3.63, 3.8) is 0 Å². The van der Waals surface area contributed by atoms with Crippen molar-refractivity contribution in [1.29, 1.82) is 0 Å². The lowest BCUT2D eigenvalue weighted by atomic mass is 10.1. The summed E-state index contributed by atoms with van der Waals surface area (Å²) in [5, 5.41) is 9.33. The van der Waals surface area contributed by atoms with E-state index in [1.807, 2.05) is 42.5 Å². The normalized spacial score (nSPS) is 12.6. The van der Waals surface area contributed by atoms with Gasteiger partial charge in [0.05, 0.1) is 6.10 Å². The molecular weight excluding hydrogens is 172 g/mol. The van der Waals surface area contributed by atoms with Crippen LogP contribution in [0.5, 0.6) is 0 Å². The van der Waals surface area contributed by atoms with Crippen LogP contribution in [0.1, 0.15) is 18.4 Å². The van der Waals surface area contributed by atoms with E-state index in [4.69, 9.17) is 6.42 Å². The smallest absolute Gasteiger partial charge is 0.0683 e. The molecule has 1 aromatic carbocycles. The topological polar surface area (TPSA) is 20.2 Å². The van der Waals surface area contributed by atoms with Crippen molar-refractivity contribution in [2.24, 2.45) is 0 Å². The van der Waals surface area contributed by atoms with E-state index in [1.54, 1.807) is 0 Å². The third kappa shape index (κ3) is 3.93. The van der Waals surface area contributed by atoms with Gasteiger partial charge in [-0.15, -0.1) is 12.3 Å². The van der Waals surface area contributed by atoms with Crippen LogP contribution in [0.2, 0.25) is 0 Å². The van der Waals surface area contributed by atoms with Crippen LogP contribution in [0.25, 0.3) is 6.08 Å². The molecule has 0 aliphatic heterocycles. The van der Waals surface area contributed by atoms with E-state index in [1.165, 1.54) is 0 Å². The Morgan fingerprint density at radius 3 is 2.71 bits per heavy atom. The Kier molecular flexibility index (Phi) is 4.54. The summed E-state index contributed by atoms with van der Waals surface area (Å²) in [6, 6.07) is 9.98. The minimum Gasteiger partial charge on any atom is -0.392 e. The fraction of sp³-hybridized carbons (Fsp3) is 0.231. The summed E-state index contributed by atoms with van der Waals surface area (Å²) >= 11 is 0. The Bertz CT molecular complexity index is 319. The van der Waals surface area contributed by atoms with Gasteiger partial charge < -0.3 is 5.11 Å². The molecule has 0 spiro atoms. The summed E-state index contributed by atoms with van der Waals surface area (Å²) in [6.45, 7) is 0. The standard InChI is InChI=1S/C13H14O/c1-2-7-13(14)11-6-10-12-8-4-3-5-9-12/h1,3-6,8-10,13-14H,7,11H2/b10-6+. The predicted molar refractivity (Wildman–Crippen MR) is 59.5 cm³/mol. The summed E-state index contributed by atoms with van der Waals surface area (Å²) < 4.78 is 0. The third-order valence-electron chi connectivity index (χ3n) is 1.87. The van der Waals surface area contributed by atoms with Crippen LogP contribution in [0, 0.1) is 12.3 Å². The van der Waals surface area contributed by atoms with Gasteiger partial charge in [0.1, 0.15) is 0 Å². The van der Waals surface area contributed by atoms with Gasteiger partial charge in [0.15, 0.2) is 0 Å². The van der Waals surface area contributed by atoms with Gasteiger partial charge in [-0.1, -0.05) is 42.5 Å². The van der Waals surface area contributed by atoms with Crippen LogP contribution >= 0.6 is 0 Å². The third-order valence-corrected chi connectivity index (χ3v) is 1.87. The van der Waals surface area contributed by atoms with Crippen LogP contribution in [0.4, 0.5) is 0 Å². The highest BCUT2D eigenvalue weighted by Crippen LogP contribution is 2.04. The number of hydrogen-bond acceptors (Lipinski definition) is 1. The second kappa shape index (κ2) is 6.01. The van der Waals surface area contributed by atoms with Crippen molar-refractivity contribution in [3.05, 3.63) is 42.0 Å². The lowest BCUT2D eigenvalue weighted by molar-refractivity contribution is 0.184. The number of rotatable bonds is 4. The van der Waals surface area contributed by atoms with E-state index < -0.39 is 6.10 Å². The first-order valence-corrected chi connectivity index (χ1v) is 4.66. The van der Waals surface area contributed by atoms with Crippen LogP contribution in [-0.2, 0) is 0 Å². The first-order valence-electron chi connectivity index (χ1n) is 4.66. The summed E-state index contributed by atoms with van der Waals surface area (Å²) in [7, 11) is 0. The van der Waals surface area contributed by atoms with E-state index in [2.05, 4.69) is 5.92 Å². The monoisotopic (exact) mass is 186 g/mol. The van der Waals surface area contributed by atoms with E-state index >= 15 is 0 Å². The van der Waals surface area contributed by atoms with Crippen molar-refractivity contribution < 1.29 is 5.11 Å². The second-order valence-electron chi connectivity index (χ2n) is 3.11. The van der Waals surface area contributed by atoms with Crippen molar-refractivity contribution in [3.8, 4) is 12.3 Å². The Morgan fingerprint density at radius 1 is 1.36 bits per heavy atom. The zero-order chi connectivity index (χ0) is 10.2. The molecule has 1 atom stereocenters. The lowest BCUT2D eigenvalue weighted by Gasteiger charge is -2.01. The van der Waals surface area contributed by atoms with E-state index in [0.29, 0.717) is 12.8 Å². The molecule has 1 rings (SSSR count). The Morgan fingerprint density at radius 2 is 2.07 bits per heavy atom. The van der Waals surface area contributed by atoms with Crippen LogP contribution in [-0.4, -0.2) is 11.2 Å². The average Bonchev–Trinajstić information content (AvgIpc) is 2.20. The summed E-state index contributed by atoms with van der Waals surface area (Å²) in [5.74, 6) is 2.43. The molecule has 0 heterocycles. The number of benzene rings is 1. The van der Waals surface area contributed by atoms with E-state index in [0.717, 1.165) is 5.56 Å². The molecule has 1 nitrogen and oxygen atoms in total. The fourth-order valence-electron chi connectivity index (χ4n) is 1.14. The van der Waals surface area contributed by atoms with Gasteiger partial charge in [-0.25, -0.2) is 0 Å². The predicted octanol–water partition coefficient (Wildman–Crippen LogP) is 2.47. The first kappa shape index (κ1) is 10.6. The molecule has 14 heavy (non-hydrogen) atoms. The molecule has 72 valence electrons. The average molecular weight is 186 g/mol. The van der Waals surface area contributed by atoms with E-state index in [-0.39, 0.29) is 0 Å². The van der Waals surface area contributed by atoms with Gasteiger partial charge in [-0.3, -0.25) is 0 Å². The molecule has 1 aromatic rings. The zero-order valence-corrected chi connectivity index (χ0v) is 8.06. The second-order valence-corrected chi connectivity index (χ2v) is 3.11. The van der Waals surface area contributed by atoms with Gasteiger partial charge in [0.25, 0.3) is 0 Å². The maximum Gasteiger partial charge on any atom is 0.0683 e. The molecule has 0 radical (unpaired) electrons. The largest absolute Gasteiger partial charge is 0.392 e. The van der Waals surface area contributed by atoms with Crippen molar-refractivity contribution in [2.45, 2.75) is 18.9 Å². The highest BCUT2D eigenvalue weighted by atomic mass is 16.3. The molecule has 0 amide bonds.